The lowest BCUT2D eigenvalue weighted by Crippen LogP contribution is -2.46. The summed E-state index contributed by atoms with van der Waals surface area (Å²) in [6.45, 7) is 10.5. The molecule has 0 aliphatic carbocycles. The Balaban J connectivity index is 1.77. The second-order valence-corrected chi connectivity index (χ2v) is 10.2. The van der Waals surface area contributed by atoms with Gasteiger partial charge in [-0.05, 0) is 69.0 Å². The average Bonchev–Trinajstić information content (AvgIpc) is 3.31. The van der Waals surface area contributed by atoms with E-state index in [2.05, 4.69) is 23.5 Å². The van der Waals surface area contributed by atoms with Gasteiger partial charge in [0.1, 0.15) is 0 Å². The fourth-order valence-corrected chi connectivity index (χ4v) is 6.13. The molecule has 6 nitrogen and oxygen atoms in total. The summed E-state index contributed by atoms with van der Waals surface area (Å²) in [6, 6.07) is 5.43. The maximum absolute atomic E-state index is 13.0. The molecular formula is C22H35N3O3S. The highest BCUT2D eigenvalue weighted by molar-refractivity contribution is 7.89. The van der Waals surface area contributed by atoms with Crippen LogP contribution >= 0.6 is 0 Å². The minimum absolute atomic E-state index is 0.0105. The van der Waals surface area contributed by atoms with Crippen molar-refractivity contribution in [3.05, 3.63) is 23.8 Å². The zero-order valence-electron chi connectivity index (χ0n) is 18.1. The van der Waals surface area contributed by atoms with E-state index >= 15 is 0 Å². The molecule has 1 amide bonds. The average molecular weight is 422 g/mol. The number of sulfonamides is 1. The van der Waals surface area contributed by atoms with E-state index in [1.165, 1.54) is 12.8 Å². The van der Waals surface area contributed by atoms with Gasteiger partial charge in [0.15, 0.2) is 0 Å². The first-order chi connectivity index (χ1) is 13.8. The molecule has 0 spiro atoms. The molecule has 1 N–H and O–H groups in total. The molecule has 29 heavy (non-hydrogen) atoms. The topological polar surface area (TPSA) is 69.7 Å². The Morgan fingerprint density at radius 2 is 1.86 bits per heavy atom. The molecule has 2 aliphatic heterocycles. The molecule has 1 saturated heterocycles. The standard InChI is InChI=1S/C22H35N3O3S/c1-5-18(6-2)22(24-11-7-8-12-24)15-23-29(27,28)20-9-10-21-19(14-20)13-16(3)25(21)17(4)26/h9-10,14,16,18,22-23H,5-8,11-13,15H2,1-4H3. The van der Waals surface area contributed by atoms with Crippen molar-refractivity contribution in [1.29, 1.82) is 0 Å². The van der Waals surface area contributed by atoms with E-state index in [0.29, 0.717) is 23.8 Å². The Bertz CT molecular complexity index is 828. The molecule has 0 bridgehead atoms. The molecule has 1 fully saturated rings. The van der Waals surface area contributed by atoms with E-state index in [1.807, 2.05) is 6.92 Å². The molecule has 2 atom stereocenters. The number of anilines is 1. The Morgan fingerprint density at radius 3 is 2.45 bits per heavy atom. The first-order valence-electron chi connectivity index (χ1n) is 10.9. The first kappa shape index (κ1) is 22.2. The molecule has 162 valence electrons. The molecule has 1 aromatic rings. The van der Waals surface area contributed by atoms with Crippen molar-refractivity contribution in [3.8, 4) is 0 Å². The van der Waals surface area contributed by atoms with Crippen molar-refractivity contribution < 1.29 is 13.2 Å². The van der Waals surface area contributed by atoms with Gasteiger partial charge >= 0.3 is 0 Å². The quantitative estimate of drug-likeness (QED) is 0.700. The Labute approximate surface area is 175 Å². The van der Waals surface area contributed by atoms with Crippen molar-refractivity contribution in [3.63, 3.8) is 0 Å². The molecule has 2 unspecified atom stereocenters. The van der Waals surface area contributed by atoms with Gasteiger partial charge < -0.3 is 4.90 Å². The minimum atomic E-state index is -3.59. The normalized spacial score (nSPS) is 21.0. The van der Waals surface area contributed by atoms with Crippen LogP contribution in [0.2, 0.25) is 0 Å². The van der Waals surface area contributed by atoms with Crippen molar-refractivity contribution in [2.45, 2.75) is 76.8 Å². The number of amides is 1. The van der Waals surface area contributed by atoms with Crippen LogP contribution in [0.3, 0.4) is 0 Å². The predicted octanol–water partition coefficient (Wildman–Crippen LogP) is 3.16. The van der Waals surface area contributed by atoms with Crippen LogP contribution in [0.4, 0.5) is 5.69 Å². The summed E-state index contributed by atoms with van der Waals surface area (Å²) in [5.41, 5.74) is 1.75. The fourth-order valence-electron chi connectivity index (χ4n) is 5.03. The van der Waals surface area contributed by atoms with Gasteiger partial charge in [-0.25, -0.2) is 13.1 Å². The number of fused-ring (bicyclic) bond motifs is 1. The van der Waals surface area contributed by atoms with E-state index in [9.17, 15) is 13.2 Å². The molecular weight excluding hydrogens is 386 g/mol. The summed E-state index contributed by atoms with van der Waals surface area (Å²) in [6.07, 6.45) is 5.18. The summed E-state index contributed by atoms with van der Waals surface area (Å²) in [7, 11) is -3.59. The van der Waals surface area contributed by atoms with Crippen molar-refractivity contribution >= 4 is 21.6 Å². The summed E-state index contributed by atoms with van der Waals surface area (Å²) in [5.74, 6) is 0.476. The maximum Gasteiger partial charge on any atom is 0.240 e. The van der Waals surface area contributed by atoms with Gasteiger partial charge in [0, 0.05) is 31.2 Å². The van der Waals surface area contributed by atoms with E-state index in [0.717, 1.165) is 37.2 Å². The van der Waals surface area contributed by atoms with Gasteiger partial charge in [-0.2, -0.15) is 0 Å². The lowest BCUT2D eigenvalue weighted by atomic mass is 9.93. The second kappa shape index (κ2) is 9.14. The van der Waals surface area contributed by atoms with Gasteiger partial charge in [-0.15, -0.1) is 0 Å². The van der Waals surface area contributed by atoms with Crippen LogP contribution in [-0.2, 0) is 21.2 Å². The Morgan fingerprint density at radius 1 is 1.21 bits per heavy atom. The second-order valence-electron chi connectivity index (χ2n) is 8.47. The number of rotatable bonds is 8. The van der Waals surface area contributed by atoms with E-state index < -0.39 is 10.0 Å². The smallest absolute Gasteiger partial charge is 0.240 e. The largest absolute Gasteiger partial charge is 0.309 e. The van der Waals surface area contributed by atoms with Crippen LogP contribution in [0, 0.1) is 5.92 Å². The summed E-state index contributed by atoms with van der Waals surface area (Å²) >= 11 is 0. The number of likely N-dealkylation sites (tertiary alicyclic amines) is 1. The monoisotopic (exact) mass is 421 g/mol. The van der Waals surface area contributed by atoms with Gasteiger partial charge in [-0.3, -0.25) is 9.69 Å². The predicted molar refractivity (Wildman–Crippen MR) is 117 cm³/mol. The lowest BCUT2D eigenvalue weighted by molar-refractivity contribution is -0.116. The third kappa shape index (κ3) is 4.67. The van der Waals surface area contributed by atoms with Crippen molar-refractivity contribution in [2.24, 2.45) is 5.92 Å². The zero-order valence-corrected chi connectivity index (χ0v) is 19.0. The molecule has 0 radical (unpaired) electrons. The van der Waals surface area contributed by atoms with Crippen LogP contribution in [-0.4, -0.2) is 50.9 Å². The number of carbonyl (C=O) groups excluding carboxylic acids is 1. The third-order valence-electron chi connectivity index (χ3n) is 6.60. The number of benzene rings is 1. The van der Waals surface area contributed by atoms with Crippen LogP contribution in [0.1, 0.15) is 58.9 Å². The lowest BCUT2D eigenvalue weighted by Gasteiger charge is -2.33. The molecule has 2 aliphatic rings. The highest BCUT2D eigenvalue weighted by Gasteiger charge is 2.32. The summed E-state index contributed by atoms with van der Waals surface area (Å²) < 4.78 is 29.0. The van der Waals surface area contributed by atoms with Crippen LogP contribution < -0.4 is 9.62 Å². The van der Waals surface area contributed by atoms with Gasteiger partial charge in [0.05, 0.1) is 4.90 Å². The molecule has 0 saturated carbocycles. The molecule has 0 aromatic heterocycles. The third-order valence-corrected chi connectivity index (χ3v) is 8.02. The van der Waals surface area contributed by atoms with Crippen LogP contribution in [0.15, 0.2) is 23.1 Å². The van der Waals surface area contributed by atoms with Crippen molar-refractivity contribution in [1.82, 2.24) is 9.62 Å². The van der Waals surface area contributed by atoms with E-state index in [4.69, 9.17) is 0 Å². The van der Waals surface area contributed by atoms with Crippen LogP contribution in [0.25, 0.3) is 0 Å². The number of hydrogen-bond acceptors (Lipinski definition) is 4. The number of nitrogens with zero attached hydrogens (tertiary/aromatic N) is 2. The molecule has 7 heteroatoms. The van der Waals surface area contributed by atoms with Gasteiger partial charge in [-0.1, -0.05) is 26.7 Å². The SMILES string of the molecule is CCC(CC)C(CNS(=O)(=O)c1ccc2c(c1)CC(C)N2C(C)=O)N1CCCC1. The summed E-state index contributed by atoms with van der Waals surface area (Å²) in [5, 5.41) is 0. The zero-order chi connectivity index (χ0) is 21.2. The first-order valence-corrected chi connectivity index (χ1v) is 12.4. The van der Waals surface area contributed by atoms with Gasteiger partial charge in [0.2, 0.25) is 15.9 Å². The highest BCUT2D eigenvalue weighted by atomic mass is 32.2. The number of carbonyl (C=O) groups is 1. The Kier molecular flexibility index (Phi) is 7.02. The molecule has 3 rings (SSSR count). The molecule has 1 aromatic carbocycles. The van der Waals surface area contributed by atoms with Crippen LogP contribution in [0.5, 0.6) is 0 Å². The maximum atomic E-state index is 13.0. The summed E-state index contributed by atoms with van der Waals surface area (Å²) in [4.78, 5) is 16.4. The van der Waals surface area contributed by atoms with Gasteiger partial charge in [0.25, 0.3) is 0 Å². The Hall–Kier alpha value is -1.44. The number of hydrogen-bond donors (Lipinski definition) is 1. The number of nitrogens with one attached hydrogen (secondary N) is 1. The van der Waals surface area contributed by atoms with E-state index in [1.54, 1.807) is 30.0 Å². The highest BCUT2D eigenvalue weighted by Crippen LogP contribution is 2.34. The molecule has 2 heterocycles. The van der Waals surface area contributed by atoms with Crippen molar-refractivity contribution in [2.75, 3.05) is 24.5 Å². The fraction of sp³-hybridized carbons (Fsp3) is 0.682. The minimum Gasteiger partial charge on any atom is -0.309 e. The van der Waals surface area contributed by atoms with E-state index in [-0.39, 0.29) is 18.0 Å².